The molecule has 0 aliphatic carbocycles. The Bertz CT molecular complexity index is 636. The molecule has 0 radical (unpaired) electrons. The SMILES string of the molecule is CC(C)(C)CCC(=O)N1CCC(CCCC2CCN(C(=O)CCNCCCNC(C)(C)C)CC2)CC1. The van der Waals surface area contributed by atoms with Crippen molar-refractivity contribution in [2.24, 2.45) is 17.3 Å². The number of hydrogen-bond acceptors (Lipinski definition) is 4. The lowest BCUT2D eigenvalue weighted by molar-refractivity contribution is -0.133. The van der Waals surface area contributed by atoms with E-state index in [-0.39, 0.29) is 11.0 Å². The van der Waals surface area contributed by atoms with Crippen molar-refractivity contribution in [3.05, 3.63) is 0 Å². The zero-order valence-corrected chi connectivity index (χ0v) is 24.6. The lowest BCUT2D eigenvalue weighted by Crippen LogP contribution is -2.40. The fourth-order valence-electron chi connectivity index (χ4n) is 5.43. The van der Waals surface area contributed by atoms with Crippen LogP contribution in [0.25, 0.3) is 0 Å². The van der Waals surface area contributed by atoms with Crippen LogP contribution in [-0.2, 0) is 9.59 Å². The normalized spacial score (nSPS) is 18.6. The predicted octanol–water partition coefficient (Wildman–Crippen LogP) is 5.22. The number of amides is 2. The van der Waals surface area contributed by atoms with Crippen LogP contribution in [0.5, 0.6) is 0 Å². The van der Waals surface area contributed by atoms with E-state index in [1.54, 1.807) is 0 Å². The smallest absolute Gasteiger partial charge is 0.223 e. The zero-order chi connectivity index (χ0) is 26.6. The Hall–Kier alpha value is -1.14. The van der Waals surface area contributed by atoms with Crippen LogP contribution in [0.15, 0.2) is 0 Å². The highest BCUT2D eigenvalue weighted by Crippen LogP contribution is 2.28. The van der Waals surface area contributed by atoms with Gasteiger partial charge in [-0.1, -0.05) is 40.0 Å². The van der Waals surface area contributed by atoms with Gasteiger partial charge in [0.1, 0.15) is 0 Å². The molecule has 0 aromatic carbocycles. The van der Waals surface area contributed by atoms with Crippen LogP contribution in [0.3, 0.4) is 0 Å². The molecule has 6 nitrogen and oxygen atoms in total. The molecule has 6 heteroatoms. The molecule has 2 saturated heterocycles. The summed E-state index contributed by atoms with van der Waals surface area (Å²) in [6.45, 7) is 19.7. The molecule has 2 amide bonds. The minimum Gasteiger partial charge on any atom is -0.343 e. The fraction of sp³-hybridized carbons (Fsp3) is 0.933. The van der Waals surface area contributed by atoms with Crippen molar-refractivity contribution in [1.29, 1.82) is 0 Å². The first-order valence-electron chi connectivity index (χ1n) is 14.9. The van der Waals surface area contributed by atoms with Gasteiger partial charge in [-0.2, -0.15) is 0 Å². The summed E-state index contributed by atoms with van der Waals surface area (Å²) in [7, 11) is 0. The van der Waals surface area contributed by atoms with E-state index in [1.165, 1.54) is 44.9 Å². The maximum Gasteiger partial charge on any atom is 0.223 e. The van der Waals surface area contributed by atoms with Crippen LogP contribution in [-0.4, -0.2) is 73.0 Å². The first-order chi connectivity index (χ1) is 16.9. The van der Waals surface area contributed by atoms with Gasteiger partial charge in [0.25, 0.3) is 0 Å². The van der Waals surface area contributed by atoms with E-state index in [2.05, 4.69) is 62.0 Å². The zero-order valence-electron chi connectivity index (χ0n) is 24.6. The molecule has 0 aromatic heterocycles. The van der Waals surface area contributed by atoms with Crippen molar-refractivity contribution in [2.75, 3.05) is 45.8 Å². The molecular weight excluding hydrogens is 448 g/mol. The molecule has 2 fully saturated rings. The van der Waals surface area contributed by atoms with Gasteiger partial charge < -0.3 is 20.4 Å². The first kappa shape index (κ1) is 31.1. The van der Waals surface area contributed by atoms with E-state index in [0.717, 1.165) is 70.5 Å². The van der Waals surface area contributed by atoms with Gasteiger partial charge in [-0.05, 0) is 89.6 Å². The highest BCUT2D eigenvalue weighted by molar-refractivity contribution is 5.76. The average Bonchev–Trinajstić information content (AvgIpc) is 2.81. The second kappa shape index (κ2) is 15.3. The summed E-state index contributed by atoms with van der Waals surface area (Å²) >= 11 is 0. The van der Waals surface area contributed by atoms with Crippen molar-refractivity contribution >= 4 is 11.8 Å². The van der Waals surface area contributed by atoms with Gasteiger partial charge in [0.15, 0.2) is 0 Å². The fourth-order valence-corrected chi connectivity index (χ4v) is 5.43. The Morgan fingerprint density at radius 2 is 1.19 bits per heavy atom. The highest BCUT2D eigenvalue weighted by Gasteiger charge is 2.25. The van der Waals surface area contributed by atoms with Crippen molar-refractivity contribution in [3.63, 3.8) is 0 Å². The first-order valence-corrected chi connectivity index (χ1v) is 14.9. The van der Waals surface area contributed by atoms with Crippen LogP contribution in [0.2, 0.25) is 0 Å². The van der Waals surface area contributed by atoms with Gasteiger partial charge in [-0.25, -0.2) is 0 Å². The Kier molecular flexibility index (Phi) is 13.2. The number of nitrogens with zero attached hydrogens (tertiary/aromatic N) is 2. The topological polar surface area (TPSA) is 64.7 Å². The minimum absolute atomic E-state index is 0.174. The molecule has 2 aliphatic heterocycles. The van der Waals surface area contributed by atoms with Crippen molar-refractivity contribution in [1.82, 2.24) is 20.4 Å². The number of nitrogens with one attached hydrogen (secondary N) is 2. The van der Waals surface area contributed by atoms with Gasteiger partial charge >= 0.3 is 0 Å². The van der Waals surface area contributed by atoms with Crippen LogP contribution in [0.4, 0.5) is 0 Å². The summed E-state index contributed by atoms with van der Waals surface area (Å²) < 4.78 is 0. The summed E-state index contributed by atoms with van der Waals surface area (Å²) in [6.07, 6.45) is 12.0. The Balaban J connectivity index is 1.48. The molecule has 0 saturated carbocycles. The van der Waals surface area contributed by atoms with E-state index in [9.17, 15) is 9.59 Å². The maximum atomic E-state index is 12.6. The van der Waals surface area contributed by atoms with Gasteiger partial charge in [0.05, 0.1) is 0 Å². The lowest BCUT2D eigenvalue weighted by atomic mass is 9.86. The number of likely N-dealkylation sites (tertiary alicyclic amines) is 2. The van der Waals surface area contributed by atoms with Gasteiger partial charge in [-0.15, -0.1) is 0 Å². The molecule has 2 heterocycles. The molecular formula is C30H58N4O2. The number of carbonyl (C=O) groups is 2. The summed E-state index contributed by atoms with van der Waals surface area (Å²) in [5, 5.41) is 6.92. The molecule has 0 aromatic rings. The van der Waals surface area contributed by atoms with Crippen LogP contribution in [0.1, 0.15) is 112 Å². The Morgan fingerprint density at radius 3 is 1.67 bits per heavy atom. The number of rotatable bonds is 13. The van der Waals surface area contributed by atoms with Gasteiger partial charge in [0, 0.05) is 51.1 Å². The summed E-state index contributed by atoms with van der Waals surface area (Å²) in [5.41, 5.74) is 0.408. The van der Waals surface area contributed by atoms with E-state index < -0.39 is 0 Å². The second-order valence-electron chi connectivity index (χ2n) is 13.7. The quantitative estimate of drug-likeness (QED) is 0.336. The molecule has 0 bridgehead atoms. The monoisotopic (exact) mass is 506 g/mol. The number of piperidine rings is 2. The minimum atomic E-state index is 0.174. The molecule has 36 heavy (non-hydrogen) atoms. The molecule has 2 rings (SSSR count). The Labute approximate surface area is 222 Å². The molecule has 2 aliphatic rings. The van der Waals surface area contributed by atoms with Crippen LogP contribution < -0.4 is 10.6 Å². The van der Waals surface area contributed by atoms with E-state index in [0.29, 0.717) is 24.7 Å². The number of carbonyl (C=O) groups excluding carboxylic acids is 2. The van der Waals surface area contributed by atoms with Crippen LogP contribution in [0, 0.1) is 17.3 Å². The standard InChI is InChI=1S/C30H58N4O2/c1-29(2,3)17-11-27(35)33-21-13-25(14-22-33)9-7-10-26-15-23-34(24-16-26)28(36)12-20-31-18-8-19-32-30(4,5)6/h25-26,31-32H,7-24H2,1-6H3. The molecule has 0 atom stereocenters. The van der Waals surface area contributed by atoms with E-state index >= 15 is 0 Å². The lowest BCUT2D eigenvalue weighted by Gasteiger charge is -2.34. The van der Waals surface area contributed by atoms with Gasteiger partial charge in [0.2, 0.25) is 11.8 Å². The summed E-state index contributed by atoms with van der Waals surface area (Å²) in [4.78, 5) is 29.2. The summed E-state index contributed by atoms with van der Waals surface area (Å²) in [5.74, 6) is 2.24. The molecule has 210 valence electrons. The highest BCUT2D eigenvalue weighted by atomic mass is 16.2. The third kappa shape index (κ3) is 13.4. The van der Waals surface area contributed by atoms with Crippen LogP contribution >= 0.6 is 0 Å². The van der Waals surface area contributed by atoms with Crippen molar-refractivity contribution in [2.45, 2.75) is 118 Å². The molecule has 2 N–H and O–H groups in total. The number of hydrogen-bond donors (Lipinski definition) is 2. The molecule has 0 unspecified atom stereocenters. The largest absolute Gasteiger partial charge is 0.343 e. The molecule has 0 spiro atoms. The second-order valence-corrected chi connectivity index (χ2v) is 13.7. The van der Waals surface area contributed by atoms with E-state index in [1.807, 2.05) is 0 Å². The van der Waals surface area contributed by atoms with Gasteiger partial charge in [-0.3, -0.25) is 9.59 Å². The Morgan fingerprint density at radius 1 is 0.694 bits per heavy atom. The summed E-state index contributed by atoms with van der Waals surface area (Å²) in [6, 6.07) is 0. The van der Waals surface area contributed by atoms with E-state index in [4.69, 9.17) is 0 Å². The average molecular weight is 507 g/mol. The third-order valence-corrected chi connectivity index (χ3v) is 7.95. The third-order valence-electron chi connectivity index (χ3n) is 7.95. The van der Waals surface area contributed by atoms with Crippen molar-refractivity contribution in [3.8, 4) is 0 Å². The van der Waals surface area contributed by atoms with Crippen molar-refractivity contribution < 1.29 is 9.59 Å². The predicted molar refractivity (Wildman–Crippen MR) is 151 cm³/mol. The maximum absolute atomic E-state index is 12.6.